The molecule has 7 heteroatoms. The highest BCUT2D eigenvalue weighted by Gasteiger charge is 2.19. The quantitative estimate of drug-likeness (QED) is 0.818. The Kier molecular flexibility index (Phi) is 6.24. The van der Waals surface area contributed by atoms with Crippen LogP contribution in [0.2, 0.25) is 0 Å². The highest BCUT2D eigenvalue weighted by molar-refractivity contribution is 5.51. The smallest absolute Gasteiger partial charge is 0.224 e. The van der Waals surface area contributed by atoms with Crippen LogP contribution < -0.4 is 15.1 Å². The van der Waals surface area contributed by atoms with Gasteiger partial charge in [0.1, 0.15) is 5.82 Å². The van der Waals surface area contributed by atoms with E-state index in [2.05, 4.69) is 56.2 Å². The van der Waals surface area contributed by atoms with Crippen LogP contribution in [0.25, 0.3) is 0 Å². The van der Waals surface area contributed by atoms with E-state index in [4.69, 9.17) is 9.72 Å². The summed E-state index contributed by atoms with van der Waals surface area (Å²) in [5.41, 5.74) is 2.62. The first-order chi connectivity index (χ1) is 13.8. The molecule has 1 aromatic heterocycles. The number of hydrogen-bond acceptors (Lipinski definition) is 7. The highest BCUT2D eigenvalue weighted by Crippen LogP contribution is 2.20. The predicted molar refractivity (Wildman–Crippen MR) is 113 cm³/mol. The number of aryl methyl sites for hydroxylation is 1. The van der Waals surface area contributed by atoms with Gasteiger partial charge in [0, 0.05) is 64.2 Å². The van der Waals surface area contributed by atoms with Crippen LogP contribution in [-0.4, -0.2) is 80.4 Å². The summed E-state index contributed by atoms with van der Waals surface area (Å²) >= 11 is 0. The van der Waals surface area contributed by atoms with Crippen molar-refractivity contribution in [3.63, 3.8) is 0 Å². The number of nitrogens with one attached hydrogen (secondary N) is 1. The Morgan fingerprint density at radius 1 is 1.00 bits per heavy atom. The molecule has 0 atom stereocenters. The molecule has 2 aromatic rings. The van der Waals surface area contributed by atoms with Gasteiger partial charge in [-0.15, -0.1) is 0 Å². The Morgan fingerprint density at radius 3 is 2.57 bits per heavy atom. The third-order valence-electron chi connectivity index (χ3n) is 5.43. The molecule has 3 heterocycles. The molecule has 28 heavy (non-hydrogen) atoms. The normalized spacial score (nSPS) is 18.3. The van der Waals surface area contributed by atoms with Crippen molar-refractivity contribution in [1.82, 2.24) is 14.9 Å². The summed E-state index contributed by atoms with van der Waals surface area (Å²) in [6.45, 7) is 11.6. The average molecular weight is 383 g/mol. The van der Waals surface area contributed by atoms with Crippen LogP contribution in [0.4, 0.5) is 17.5 Å². The van der Waals surface area contributed by atoms with E-state index in [0.717, 1.165) is 71.4 Å². The summed E-state index contributed by atoms with van der Waals surface area (Å²) in [4.78, 5) is 16.3. The van der Waals surface area contributed by atoms with Gasteiger partial charge in [0.2, 0.25) is 5.95 Å². The summed E-state index contributed by atoms with van der Waals surface area (Å²) in [6.07, 6.45) is 1.85. The SMILES string of the molecule is Cc1cccc(N2CCN(c3ccnc(NCCN4CCOCC4)n3)CC2)c1. The van der Waals surface area contributed by atoms with Crippen molar-refractivity contribution in [2.24, 2.45) is 0 Å². The molecular weight excluding hydrogens is 352 g/mol. The fourth-order valence-electron chi connectivity index (χ4n) is 3.78. The Hall–Kier alpha value is -2.38. The molecule has 0 spiro atoms. The van der Waals surface area contributed by atoms with Crippen LogP contribution >= 0.6 is 0 Å². The van der Waals surface area contributed by atoms with Gasteiger partial charge in [-0.05, 0) is 30.7 Å². The first-order valence-electron chi connectivity index (χ1n) is 10.2. The lowest BCUT2D eigenvalue weighted by Gasteiger charge is -2.36. The van der Waals surface area contributed by atoms with Crippen molar-refractivity contribution < 1.29 is 4.74 Å². The minimum Gasteiger partial charge on any atom is -0.379 e. The first-order valence-corrected chi connectivity index (χ1v) is 10.2. The molecule has 2 aliphatic heterocycles. The van der Waals surface area contributed by atoms with Gasteiger partial charge in [0.15, 0.2) is 0 Å². The number of hydrogen-bond donors (Lipinski definition) is 1. The minimum absolute atomic E-state index is 0.715. The van der Waals surface area contributed by atoms with Gasteiger partial charge >= 0.3 is 0 Å². The summed E-state index contributed by atoms with van der Waals surface area (Å²) in [5, 5.41) is 3.37. The number of ether oxygens (including phenoxy) is 1. The van der Waals surface area contributed by atoms with E-state index in [-0.39, 0.29) is 0 Å². The maximum absolute atomic E-state index is 5.39. The number of anilines is 3. The van der Waals surface area contributed by atoms with E-state index < -0.39 is 0 Å². The van der Waals surface area contributed by atoms with E-state index in [1.165, 1.54) is 11.3 Å². The highest BCUT2D eigenvalue weighted by atomic mass is 16.5. The number of rotatable bonds is 6. The van der Waals surface area contributed by atoms with Gasteiger partial charge in [-0.25, -0.2) is 4.98 Å². The number of benzene rings is 1. The standard InChI is InChI=1S/C21H30N6O/c1-18-3-2-4-19(17-18)26-9-11-27(12-10-26)20-5-6-22-21(24-20)23-7-8-25-13-15-28-16-14-25/h2-6,17H,7-16H2,1H3,(H,22,23,24). The van der Waals surface area contributed by atoms with Crippen LogP contribution in [-0.2, 0) is 4.74 Å². The monoisotopic (exact) mass is 382 g/mol. The largest absolute Gasteiger partial charge is 0.379 e. The van der Waals surface area contributed by atoms with Crippen molar-refractivity contribution in [2.45, 2.75) is 6.92 Å². The van der Waals surface area contributed by atoms with E-state index in [9.17, 15) is 0 Å². The van der Waals surface area contributed by atoms with Gasteiger partial charge in [0.05, 0.1) is 13.2 Å². The second kappa shape index (κ2) is 9.21. The molecule has 2 aliphatic rings. The zero-order chi connectivity index (χ0) is 19.2. The molecule has 0 bridgehead atoms. The van der Waals surface area contributed by atoms with Gasteiger partial charge in [-0.1, -0.05) is 12.1 Å². The van der Waals surface area contributed by atoms with Crippen LogP contribution in [0.5, 0.6) is 0 Å². The third kappa shape index (κ3) is 4.91. The zero-order valence-corrected chi connectivity index (χ0v) is 16.7. The van der Waals surface area contributed by atoms with Gasteiger partial charge in [-0.3, -0.25) is 4.90 Å². The Bertz CT molecular complexity index is 756. The van der Waals surface area contributed by atoms with Gasteiger partial charge in [0.25, 0.3) is 0 Å². The topological polar surface area (TPSA) is 56.8 Å². The molecule has 0 unspecified atom stereocenters. The molecule has 2 fully saturated rings. The fraction of sp³-hybridized carbons (Fsp3) is 0.524. The Labute approximate surface area is 167 Å². The Balaban J connectivity index is 1.28. The van der Waals surface area contributed by atoms with Crippen LogP contribution in [0, 0.1) is 6.92 Å². The number of morpholine rings is 1. The Morgan fingerprint density at radius 2 is 1.79 bits per heavy atom. The molecule has 0 saturated carbocycles. The predicted octanol–water partition coefficient (Wildman–Crippen LogP) is 1.86. The molecule has 150 valence electrons. The summed E-state index contributed by atoms with van der Waals surface area (Å²) < 4.78 is 5.39. The summed E-state index contributed by atoms with van der Waals surface area (Å²) in [7, 11) is 0. The van der Waals surface area contributed by atoms with Crippen LogP contribution in [0.3, 0.4) is 0 Å². The molecule has 1 aromatic carbocycles. The van der Waals surface area contributed by atoms with E-state index >= 15 is 0 Å². The molecule has 2 saturated heterocycles. The zero-order valence-electron chi connectivity index (χ0n) is 16.7. The van der Waals surface area contributed by atoms with Gasteiger partial charge < -0.3 is 19.9 Å². The van der Waals surface area contributed by atoms with E-state index in [1.54, 1.807) is 0 Å². The minimum atomic E-state index is 0.715. The number of aromatic nitrogens is 2. The third-order valence-corrected chi connectivity index (χ3v) is 5.43. The second-order valence-electron chi connectivity index (χ2n) is 7.43. The lowest BCUT2D eigenvalue weighted by Crippen LogP contribution is -2.46. The molecule has 7 nitrogen and oxygen atoms in total. The van der Waals surface area contributed by atoms with Crippen molar-refractivity contribution in [3.05, 3.63) is 42.1 Å². The van der Waals surface area contributed by atoms with Crippen molar-refractivity contribution >= 4 is 17.5 Å². The van der Waals surface area contributed by atoms with Crippen molar-refractivity contribution in [3.8, 4) is 0 Å². The van der Waals surface area contributed by atoms with Gasteiger partial charge in [-0.2, -0.15) is 4.98 Å². The maximum Gasteiger partial charge on any atom is 0.224 e. The molecule has 0 radical (unpaired) electrons. The lowest BCUT2D eigenvalue weighted by atomic mass is 10.2. The number of piperazine rings is 1. The first kappa shape index (κ1) is 19.0. The summed E-state index contributed by atoms with van der Waals surface area (Å²) in [6, 6.07) is 10.8. The van der Waals surface area contributed by atoms with Crippen molar-refractivity contribution in [2.75, 3.05) is 80.7 Å². The van der Waals surface area contributed by atoms with E-state index in [0.29, 0.717) is 5.95 Å². The molecular formula is C21H30N6O. The molecule has 0 aliphatic carbocycles. The second-order valence-corrected chi connectivity index (χ2v) is 7.43. The van der Waals surface area contributed by atoms with Crippen LogP contribution in [0.1, 0.15) is 5.56 Å². The fourth-order valence-corrected chi connectivity index (χ4v) is 3.78. The number of nitrogens with zero attached hydrogens (tertiary/aromatic N) is 5. The van der Waals surface area contributed by atoms with Crippen LogP contribution in [0.15, 0.2) is 36.5 Å². The van der Waals surface area contributed by atoms with E-state index in [1.807, 2.05) is 12.3 Å². The maximum atomic E-state index is 5.39. The molecule has 4 rings (SSSR count). The average Bonchev–Trinajstić information content (AvgIpc) is 2.75. The molecule has 1 N–H and O–H groups in total. The van der Waals surface area contributed by atoms with Crippen molar-refractivity contribution in [1.29, 1.82) is 0 Å². The lowest BCUT2D eigenvalue weighted by molar-refractivity contribution is 0.0398. The molecule has 0 amide bonds. The summed E-state index contributed by atoms with van der Waals surface area (Å²) in [5.74, 6) is 1.72.